The normalized spacial score (nSPS) is 10.8. The molecule has 4 aromatic rings. The molecule has 0 aliphatic heterocycles. The number of rotatable bonds is 7. The summed E-state index contributed by atoms with van der Waals surface area (Å²) in [5.41, 5.74) is 3.02. The maximum atomic E-state index is 12.7. The molecule has 1 amide bonds. The lowest BCUT2D eigenvalue weighted by molar-refractivity contribution is -0.113. The van der Waals surface area contributed by atoms with E-state index in [0.717, 1.165) is 16.8 Å². The Bertz CT molecular complexity index is 1280. The summed E-state index contributed by atoms with van der Waals surface area (Å²) in [6.45, 7) is 1.86. The van der Waals surface area contributed by atoms with Gasteiger partial charge in [0.05, 0.1) is 18.6 Å². The minimum Gasteiger partial charge on any atom is -0.495 e. The van der Waals surface area contributed by atoms with Gasteiger partial charge in [0.25, 0.3) is 0 Å². The Morgan fingerprint density at radius 3 is 2.64 bits per heavy atom. The second kappa shape index (κ2) is 10.2. The van der Waals surface area contributed by atoms with Gasteiger partial charge in [0.1, 0.15) is 5.75 Å². The van der Waals surface area contributed by atoms with Crippen molar-refractivity contribution in [3.63, 3.8) is 0 Å². The van der Waals surface area contributed by atoms with Gasteiger partial charge >= 0.3 is 0 Å². The van der Waals surface area contributed by atoms with Crippen LogP contribution in [-0.2, 0) is 4.79 Å². The third-order valence-electron chi connectivity index (χ3n) is 4.73. The number of nitrogens with zero attached hydrogens (tertiary/aromatic N) is 4. The first-order chi connectivity index (χ1) is 16.0. The second-order valence-electron chi connectivity index (χ2n) is 7.00. The number of benzene rings is 2. The van der Waals surface area contributed by atoms with Crippen LogP contribution in [0.3, 0.4) is 0 Å². The van der Waals surface area contributed by atoms with E-state index in [1.54, 1.807) is 36.7 Å². The zero-order chi connectivity index (χ0) is 23.4. The van der Waals surface area contributed by atoms with E-state index < -0.39 is 0 Å². The number of methoxy groups -OCH3 is 1. The smallest absolute Gasteiger partial charge is 0.234 e. The van der Waals surface area contributed by atoms with Gasteiger partial charge in [-0.2, -0.15) is 0 Å². The van der Waals surface area contributed by atoms with E-state index in [1.807, 2.05) is 35.8 Å². The summed E-state index contributed by atoms with van der Waals surface area (Å²) in [6.07, 6.45) is 3.41. The van der Waals surface area contributed by atoms with Crippen LogP contribution in [-0.4, -0.2) is 38.5 Å². The van der Waals surface area contributed by atoms with Crippen molar-refractivity contribution in [2.45, 2.75) is 12.1 Å². The SMILES string of the molecule is COc1cc(Cl)c(C)cc1NC(=O)CSc1nnc(-c2cccnc2)n1-c1ccc(Cl)cc1. The second-order valence-corrected chi connectivity index (χ2v) is 8.78. The van der Waals surface area contributed by atoms with Gasteiger partial charge in [0, 0.05) is 39.8 Å². The van der Waals surface area contributed by atoms with Gasteiger partial charge < -0.3 is 10.1 Å². The van der Waals surface area contributed by atoms with E-state index >= 15 is 0 Å². The number of pyridine rings is 1. The van der Waals surface area contributed by atoms with Crippen LogP contribution >= 0.6 is 35.0 Å². The standard InChI is InChI=1S/C23H19Cl2N5O2S/c1-14-10-19(20(32-2)11-18(14)25)27-21(31)13-33-23-29-28-22(15-4-3-9-26-12-15)30(23)17-7-5-16(24)6-8-17/h3-12H,13H2,1-2H3,(H,27,31). The van der Waals surface area contributed by atoms with Crippen molar-refractivity contribution in [3.8, 4) is 22.8 Å². The number of aryl methyl sites for hydroxylation is 1. The number of halogens is 2. The molecule has 7 nitrogen and oxygen atoms in total. The minimum absolute atomic E-state index is 0.115. The fourth-order valence-electron chi connectivity index (χ4n) is 3.11. The lowest BCUT2D eigenvalue weighted by atomic mass is 10.2. The molecule has 1 N–H and O–H groups in total. The van der Waals surface area contributed by atoms with E-state index in [2.05, 4.69) is 20.5 Å². The highest BCUT2D eigenvalue weighted by molar-refractivity contribution is 7.99. The summed E-state index contributed by atoms with van der Waals surface area (Å²) in [5, 5.41) is 13.3. The third kappa shape index (κ3) is 5.30. The number of thioether (sulfide) groups is 1. The lowest BCUT2D eigenvalue weighted by Gasteiger charge is -2.13. The first-order valence-corrected chi connectivity index (χ1v) is 11.6. The van der Waals surface area contributed by atoms with Crippen LogP contribution in [0.4, 0.5) is 5.69 Å². The average molecular weight is 500 g/mol. The summed E-state index contributed by atoms with van der Waals surface area (Å²) in [6, 6.07) is 14.5. The fourth-order valence-corrected chi connectivity index (χ4v) is 4.15. The number of hydrogen-bond donors (Lipinski definition) is 1. The molecule has 0 unspecified atom stereocenters. The first kappa shape index (κ1) is 23.1. The topological polar surface area (TPSA) is 81.9 Å². The van der Waals surface area contributed by atoms with E-state index in [0.29, 0.717) is 32.5 Å². The molecule has 0 fully saturated rings. The van der Waals surface area contributed by atoms with Crippen molar-refractivity contribution in [1.82, 2.24) is 19.7 Å². The largest absolute Gasteiger partial charge is 0.495 e. The molecule has 0 aliphatic rings. The van der Waals surface area contributed by atoms with Crippen molar-refractivity contribution in [2.24, 2.45) is 0 Å². The van der Waals surface area contributed by atoms with Crippen molar-refractivity contribution >= 4 is 46.6 Å². The van der Waals surface area contributed by atoms with Crippen LogP contribution in [0.15, 0.2) is 66.1 Å². The van der Waals surface area contributed by atoms with Crippen molar-refractivity contribution < 1.29 is 9.53 Å². The summed E-state index contributed by atoms with van der Waals surface area (Å²) >= 11 is 13.5. The van der Waals surface area contributed by atoms with E-state index in [9.17, 15) is 4.79 Å². The Labute approximate surface area is 205 Å². The maximum absolute atomic E-state index is 12.7. The Balaban J connectivity index is 1.59. The average Bonchev–Trinajstić information content (AvgIpc) is 3.25. The highest BCUT2D eigenvalue weighted by Crippen LogP contribution is 2.32. The van der Waals surface area contributed by atoms with Crippen LogP contribution in [0.1, 0.15) is 5.56 Å². The van der Waals surface area contributed by atoms with Gasteiger partial charge in [-0.05, 0) is 55.0 Å². The molecule has 0 saturated carbocycles. The summed E-state index contributed by atoms with van der Waals surface area (Å²) in [5.74, 6) is 1.01. The van der Waals surface area contributed by atoms with E-state index in [1.165, 1.54) is 18.9 Å². The van der Waals surface area contributed by atoms with Crippen LogP contribution in [0.2, 0.25) is 10.0 Å². The van der Waals surface area contributed by atoms with Gasteiger partial charge in [-0.15, -0.1) is 10.2 Å². The molecule has 0 atom stereocenters. The highest BCUT2D eigenvalue weighted by Gasteiger charge is 2.18. The molecule has 0 saturated heterocycles. The number of anilines is 1. The van der Waals surface area contributed by atoms with Crippen molar-refractivity contribution in [1.29, 1.82) is 0 Å². The lowest BCUT2D eigenvalue weighted by Crippen LogP contribution is -2.15. The van der Waals surface area contributed by atoms with Crippen LogP contribution in [0.25, 0.3) is 17.1 Å². The predicted octanol–water partition coefficient (Wildman–Crippen LogP) is 5.68. The quantitative estimate of drug-likeness (QED) is 0.329. The van der Waals surface area contributed by atoms with E-state index in [-0.39, 0.29) is 11.7 Å². The fraction of sp³-hybridized carbons (Fsp3) is 0.130. The summed E-state index contributed by atoms with van der Waals surface area (Å²) < 4.78 is 7.21. The van der Waals surface area contributed by atoms with Crippen LogP contribution in [0, 0.1) is 6.92 Å². The zero-order valence-corrected chi connectivity index (χ0v) is 20.1. The molecule has 0 radical (unpaired) electrons. The Morgan fingerprint density at radius 2 is 1.94 bits per heavy atom. The molecule has 4 rings (SSSR count). The van der Waals surface area contributed by atoms with E-state index in [4.69, 9.17) is 27.9 Å². The number of carbonyl (C=O) groups is 1. The predicted molar refractivity (Wildman–Crippen MR) is 132 cm³/mol. The first-order valence-electron chi connectivity index (χ1n) is 9.85. The molecule has 33 heavy (non-hydrogen) atoms. The molecule has 2 aromatic heterocycles. The van der Waals surface area contributed by atoms with Gasteiger partial charge in [-0.1, -0.05) is 35.0 Å². The summed E-state index contributed by atoms with van der Waals surface area (Å²) in [4.78, 5) is 16.9. The Kier molecular flexibility index (Phi) is 7.17. The van der Waals surface area contributed by atoms with Gasteiger partial charge in [-0.3, -0.25) is 14.3 Å². The third-order valence-corrected chi connectivity index (χ3v) is 6.31. The molecule has 168 valence electrons. The van der Waals surface area contributed by atoms with Crippen LogP contribution in [0.5, 0.6) is 5.75 Å². The summed E-state index contributed by atoms with van der Waals surface area (Å²) in [7, 11) is 1.53. The molecule has 0 aliphatic carbocycles. The van der Waals surface area contributed by atoms with Crippen molar-refractivity contribution in [3.05, 3.63) is 76.5 Å². The molecule has 0 bridgehead atoms. The minimum atomic E-state index is -0.214. The molecular weight excluding hydrogens is 481 g/mol. The maximum Gasteiger partial charge on any atom is 0.234 e. The highest BCUT2D eigenvalue weighted by atomic mass is 35.5. The molecule has 2 aromatic carbocycles. The number of hydrogen-bond acceptors (Lipinski definition) is 6. The van der Waals surface area contributed by atoms with Gasteiger partial charge in [0.2, 0.25) is 5.91 Å². The van der Waals surface area contributed by atoms with Crippen molar-refractivity contribution in [2.75, 3.05) is 18.2 Å². The Hall–Kier alpha value is -3.07. The van der Waals surface area contributed by atoms with Crippen LogP contribution < -0.4 is 10.1 Å². The molecular formula is C23H19Cl2N5O2S. The Morgan fingerprint density at radius 1 is 1.15 bits per heavy atom. The number of ether oxygens (including phenoxy) is 1. The molecule has 2 heterocycles. The monoisotopic (exact) mass is 499 g/mol. The molecule has 10 heteroatoms. The number of aromatic nitrogens is 4. The molecule has 0 spiro atoms. The number of carbonyl (C=O) groups excluding carboxylic acids is 1. The van der Waals surface area contributed by atoms with Gasteiger partial charge in [-0.25, -0.2) is 0 Å². The van der Waals surface area contributed by atoms with Gasteiger partial charge in [0.15, 0.2) is 11.0 Å². The number of nitrogens with one attached hydrogen (secondary N) is 1. The number of amides is 1. The zero-order valence-electron chi connectivity index (χ0n) is 17.8.